The molecule has 0 spiro atoms. The quantitative estimate of drug-likeness (QED) is 0.155. The fourth-order valence-corrected chi connectivity index (χ4v) is 4.89. The third-order valence-corrected chi connectivity index (χ3v) is 7.66. The summed E-state index contributed by atoms with van der Waals surface area (Å²) in [5.74, 6) is -5.69. The van der Waals surface area contributed by atoms with E-state index >= 15 is 0 Å². The van der Waals surface area contributed by atoms with Crippen LogP contribution < -0.4 is 5.32 Å². The van der Waals surface area contributed by atoms with Gasteiger partial charge in [0, 0.05) is 17.4 Å². The van der Waals surface area contributed by atoms with Gasteiger partial charge in [0.2, 0.25) is 0 Å². The standard InChI is InChI=1S/C25H21Cl3F9NO2S/c1-3-40-20(9-16(24(32,33)34)14-7-18(26)21(28)19(27)8-14)13-4-5-15(17(6-13)25(35,36)37)22(39)38-12(2)10-41-11-23(29,30)31/h4-9,12,16H,3,10-11H2,1-2H3,(H,38,39)/b20-9+. The second kappa shape index (κ2) is 14.0. The van der Waals surface area contributed by atoms with Crippen molar-refractivity contribution in [1.29, 1.82) is 0 Å². The Bertz CT molecular complexity index is 1240. The Balaban J connectivity index is 2.52. The van der Waals surface area contributed by atoms with Crippen LogP contribution in [0.15, 0.2) is 36.4 Å². The zero-order chi connectivity index (χ0) is 31.3. The van der Waals surface area contributed by atoms with Crippen molar-refractivity contribution in [2.24, 2.45) is 0 Å². The Kier molecular flexibility index (Phi) is 12.0. The van der Waals surface area contributed by atoms with Crippen molar-refractivity contribution in [2.45, 2.75) is 44.3 Å². The first-order valence-corrected chi connectivity index (χ1v) is 13.8. The largest absolute Gasteiger partial charge is 0.494 e. The molecule has 0 radical (unpaired) electrons. The highest BCUT2D eigenvalue weighted by molar-refractivity contribution is 7.99. The van der Waals surface area contributed by atoms with E-state index in [0.717, 1.165) is 24.3 Å². The number of ether oxygens (including phenoxy) is 1. The molecular formula is C25H21Cl3F9NO2S. The molecule has 0 aliphatic carbocycles. The van der Waals surface area contributed by atoms with Crippen molar-refractivity contribution < 1.29 is 49.0 Å². The number of rotatable bonds is 10. The first-order chi connectivity index (χ1) is 18.7. The van der Waals surface area contributed by atoms with Crippen LogP contribution in [0.3, 0.4) is 0 Å². The minimum atomic E-state index is -5.13. The van der Waals surface area contributed by atoms with Crippen molar-refractivity contribution in [3.8, 4) is 0 Å². The van der Waals surface area contributed by atoms with Crippen LogP contribution >= 0.6 is 46.6 Å². The highest BCUT2D eigenvalue weighted by Crippen LogP contribution is 2.43. The molecule has 0 aliphatic heterocycles. The second-order valence-corrected chi connectivity index (χ2v) is 10.8. The molecule has 2 aromatic rings. The Labute approximate surface area is 248 Å². The van der Waals surface area contributed by atoms with Gasteiger partial charge >= 0.3 is 18.5 Å². The summed E-state index contributed by atoms with van der Waals surface area (Å²) in [7, 11) is 0. The zero-order valence-electron chi connectivity index (χ0n) is 21.0. The first kappa shape index (κ1) is 35.2. The molecule has 2 unspecified atom stereocenters. The summed E-state index contributed by atoms with van der Waals surface area (Å²) in [6, 6.07) is 3.06. The van der Waals surface area contributed by atoms with Crippen LogP contribution in [0, 0.1) is 0 Å². The van der Waals surface area contributed by atoms with Crippen LogP contribution in [-0.2, 0) is 10.9 Å². The summed E-state index contributed by atoms with van der Waals surface area (Å²) in [4.78, 5) is 12.6. The van der Waals surface area contributed by atoms with E-state index in [1.165, 1.54) is 13.8 Å². The fraction of sp³-hybridized carbons (Fsp3) is 0.400. The number of hydrogen-bond acceptors (Lipinski definition) is 3. The minimum Gasteiger partial charge on any atom is -0.494 e. The van der Waals surface area contributed by atoms with E-state index in [2.05, 4.69) is 5.32 Å². The number of halogens is 12. The molecule has 0 fully saturated rings. The number of nitrogens with one attached hydrogen (secondary N) is 1. The molecule has 16 heteroatoms. The van der Waals surface area contributed by atoms with Gasteiger partial charge in [-0.25, -0.2) is 0 Å². The van der Waals surface area contributed by atoms with Gasteiger partial charge in [-0.3, -0.25) is 4.79 Å². The molecule has 2 atom stereocenters. The van der Waals surface area contributed by atoms with Gasteiger partial charge in [0.1, 0.15) is 11.7 Å². The lowest BCUT2D eigenvalue weighted by Gasteiger charge is -2.21. The molecular weight excluding hydrogens is 656 g/mol. The second-order valence-electron chi connectivity index (χ2n) is 8.54. The smallest absolute Gasteiger partial charge is 0.417 e. The number of thioether (sulfide) groups is 1. The lowest BCUT2D eigenvalue weighted by molar-refractivity contribution is -0.140. The molecule has 1 N–H and O–H groups in total. The van der Waals surface area contributed by atoms with Crippen molar-refractivity contribution in [3.63, 3.8) is 0 Å². The third kappa shape index (κ3) is 10.4. The summed E-state index contributed by atoms with van der Waals surface area (Å²) >= 11 is 18.0. The lowest BCUT2D eigenvalue weighted by atomic mass is 9.95. The number of benzene rings is 2. The van der Waals surface area contributed by atoms with Gasteiger partial charge in [-0.15, -0.1) is 0 Å². The molecule has 41 heavy (non-hydrogen) atoms. The minimum absolute atomic E-state index is 0.191. The average molecular weight is 677 g/mol. The Morgan fingerprint density at radius 2 is 1.59 bits per heavy atom. The van der Waals surface area contributed by atoms with E-state index in [-0.39, 0.29) is 27.4 Å². The Morgan fingerprint density at radius 1 is 1.00 bits per heavy atom. The molecule has 1 amide bonds. The van der Waals surface area contributed by atoms with Gasteiger partial charge in [0.25, 0.3) is 5.91 Å². The van der Waals surface area contributed by atoms with E-state index in [1.807, 2.05) is 0 Å². The van der Waals surface area contributed by atoms with E-state index in [9.17, 15) is 44.3 Å². The molecule has 0 aliphatic rings. The fourth-order valence-electron chi connectivity index (χ4n) is 3.49. The van der Waals surface area contributed by atoms with Crippen molar-refractivity contribution in [2.75, 3.05) is 18.1 Å². The number of allylic oxidation sites excluding steroid dienone is 1. The summed E-state index contributed by atoms with van der Waals surface area (Å²) in [6.07, 6.45) is -14.0. The predicted molar refractivity (Wildman–Crippen MR) is 142 cm³/mol. The van der Waals surface area contributed by atoms with Crippen LogP contribution in [0.4, 0.5) is 39.5 Å². The Hall–Kier alpha value is -1.96. The topological polar surface area (TPSA) is 38.3 Å². The molecule has 3 nitrogen and oxygen atoms in total. The average Bonchev–Trinajstić information content (AvgIpc) is 2.82. The Morgan fingerprint density at radius 3 is 2.07 bits per heavy atom. The highest BCUT2D eigenvalue weighted by atomic mass is 35.5. The molecule has 0 saturated carbocycles. The van der Waals surface area contributed by atoms with E-state index in [1.54, 1.807) is 0 Å². The zero-order valence-corrected chi connectivity index (χ0v) is 24.1. The van der Waals surface area contributed by atoms with Crippen LogP contribution in [0.2, 0.25) is 15.1 Å². The summed E-state index contributed by atoms with van der Waals surface area (Å²) in [5, 5.41) is 1.45. The monoisotopic (exact) mass is 675 g/mol. The summed E-state index contributed by atoms with van der Waals surface area (Å²) in [5.41, 5.74) is -3.26. The van der Waals surface area contributed by atoms with Crippen molar-refractivity contribution in [1.82, 2.24) is 5.32 Å². The number of alkyl halides is 9. The SMILES string of the molecule is CCO/C(=C/C(c1cc(Cl)c(Cl)c(Cl)c1)C(F)(F)F)c1ccc(C(=O)NC(C)CSCC(F)(F)F)c(C(F)(F)F)c1. The van der Waals surface area contributed by atoms with Crippen LogP contribution in [0.1, 0.15) is 46.8 Å². The van der Waals surface area contributed by atoms with Crippen molar-refractivity contribution in [3.05, 3.63) is 73.7 Å². The van der Waals surface area contributed by atoms with E-state index in [4.69, 9.17) is 39.5 Å². The lowest BCUT2D eigenvalue weighted by Crippen LogP contribution is -2.35. The van der Waals surface area contributed by atoms with Gasteiger partial charge in [0.15, 0.2) is 0 Å². The molecule has 2 rings (SSSR count). The maximum atomic E-state index is 14.1. The maximum Gasteiger partial charge on any atom is 0.417 e. The summed E-state index contributed by atoms with van der Waals surface area (Å²) < 4.78 is 126. The van der Waals surface area contributed by atoms with Crippen LogP contribution in [0.25, 0.3) is 5.76 Å². The molecule has 0 aromatic heterocycles. The van der Waals surface area contributed by atoms with Gasteiger partial charge in [0.05, 0.1) is 38.6 Å². The highest BCUT2D eigenvalue weighted by Gasteiger charge is 2.41. The molecule has 2 aromatic carbocycles. The molecule has 0 bridgehead atoms. The van der Waals surface area contributed by atoms with Crippen molar-refractivity contribution >= 4 is 58.2 Å². The number of hydrogen-bond donors (Lipinski definition) is 1. The van der Waals surface area contributed by atoms with E-state index in [0.29, 0.717) is 23.9 Å². The number of carbonyl (C=O) groups is 1. The normalized spacial score (nSPS) is 14.5. The maximum absolute atomic E-state index is 14.1. The summed E-state index contributed by atoms with van der Waals surface area (Å²) in [6.45, 7) is 2.48. The number of amides is 1. The van der Waals surface area contributed by atoms with Gasteiger partial charge in [-0.2, -0.15) is 51.3 Å². The predicted octanol–water partition coefficient (Wildman–Crippen LogP) is 9.80. The molecule has 0 saturated heterocycles. The van der Waals surface area contributed by atoms with Gasteiger partial charge in [-0.05, 0) is 49.8 Å². The van der Waals surface area contributed by atoms with Crippen LogP contribution in [-0.4, -0.2) is 42.4 Å². The van der Waals surface area contributed by atoms with Gasteiger partial charge < -0.3 is 10.1 Å². The third-order valence-electron chi connectivity index (χ3n) is 5.20. The van der Waals surface area contributed by atoms with Gasteiger partial charge in [-0.1, -0.05) is 40.9 Å². The first-order valence-electron chi connectivity index (χ1n) is 11.5. The molecule has 0 heterocycles. The van der Waals surface area contributed by atoms with Crippen LogP contribution in [0.5, 0.6) is 0 Å². The number of carbonyl (C=O) groups excluding carboxylic acids is 1. The molecule has 228 valence electrons. The van der Waals surface area contributed by atoms with E-state index < -0.39 is 70.2 Å².